The van der Waals surface area contributed by atoms with Crippen molar-refractivity contribution < 1.29 is 4.39 Å². The zero-order chi connectivity index (χ0) is 14.1. The Morgan fingerprint density at radius 2 is 1.95 bits per heavy atom. The first-order valence-electron chi connectivity index (χ1n) is 7.28. The SMILES string of the molecule is Fc1cc(Cl)c(N2CCCN3CCCCC3C2)c(Br)c1. The van der Waals surface area contributed by atoms with Crippen LogP contribution in [-0.4, -0.2) is 37.1 Å². The van der Waals surface area contributed by atoms with Gasteiger partial charge in [0.2, 0.25) is 0 Å². The topological polar surface area (TPSA) is 6.48 Å². The molecule has 0 amide bonds. The van der Waals surface area contributed by atoms with Gasteiger partial charge in [0, 0.05) is 30.1 Å². The molecule has 2 aliphatic rings. The van der Waals surface area contributed by atoms with Crippen LogP contribution >= 0.6 is 27.5 Å². The lowest BCUT2D eigenvalue weighted by molar-refractivity contribution is 0.162. The first-order valence-corrected chi connectivity index (χ1v) is 8.46. The summed E-state index contributed by atoms with van der Waals surface area (Å²) in [6, 6.07) is 3.52. The molecule has 1 atom stereocenters. The van der Waals surface area contributed by atoms with E-state index in [1.807, 2.05) is 0 Å². The minimum atomic E-state index is -0.292. The van der Waals surface area contributed by atoms with Gasteiger partial charge >= 0.3 is 0 Å². The van der Waals surface area contributed by atoms with Gasteiger partial charge in [-0.25, -0.2) is 4.39 Å². The van der Waals surface area contributed by atoms with Crippen LogP contribution in [0.15, 0.2) is 16.6 Å². The molecular formula is C15H19BrClFN2. The molecule has 0 radical (unpaired) electrons. The van der Waals surface area contributed by atoms with E-state index in [2.05, 4.69) is 25.7 Å². The minimum absolute atomic E-state index is 0.292. The van der Waals surface area contributed by atoms with Crippen LogP contribution in [0.25, 0.3) is 0 Å². The van der Waals surface area contributed by atoms with E-state index in [4.69, 9.17) is 11.6 Å². The van der Waals surface area contributed by atoms with Gasteiger partial charge in [-0.15, -0.1) is 0 Å². The second-order valence-corrected chi connectivity index (χ2v) is 6.96. The van der Waals surface area contributed by atoms with E-state index in [0.717, 1.165) is 36.2 Å². The number of benzene rings is 1. The van der Waals surface area contributed by atoms with Crippen molar-refractivity contribution in [3.8, 4) is 0 Å². The van der Waals surface area contributed by atoms with Crippen LogP contribution in [0.4, 0.5) is 10.1 Å². The van der Waals surface area contributed by atoms with Crippen molar-refractivity contribution in [1.29, 1.82) is 0 Å². The van der Waals surface area contributed by atoms with E-state index in [0.29, 0.717) is 11.1 Å². The van der Waals surface area contributed by atoms with E-state index in [9.17, 15) is 4.39 Å². The van der Waals surface area contributed by atoms with E-state index >= 15 is 0 Å². The predicted molar refractivity (Wildman–Crippen MR) is 85.2 cm³/mol. The standard InChI is InChI=1S/C15H19BrClFN2/c16-13-8-11(18)9-14(17)15(13)20-7-3-6-19-5-2-1-4-12(19)10-20/h8-9,12H,1-7,10H2. The summed E-state index contributed by atoms with van der Waals surface area (Å²) in [5.74, 6) is -0.292. The van der Waals surface area contributed by atoms with Gasteiger partial charge in [-0.2, -0.15) is 0 Å². The van der Waals surface area contributed by atoms with Crippen molar-refractivity contribution in [2.75, 3.05) is 31.1 Å². The average Bonchev–Trinajstić information content (AvgIpc) is 2.59. The fourth-order valence-electron chi connectivity index (χ4n) is 3.41. The van der Waals surface area contributed by atoms with Crippen LogP contribution in [0.1, 0.15) is 25.7 Å². The fourth-order valence-corrected chi connectivity index (χ4v) is 4.53. The summed E-state index contributed by atoms with van der Waals surface area (Å²) < 4.78 is 14.1. The van der Waals surface area contributed by atoms with Gasteiger partial charge in [0.25, 0.3) is 0 Å². The van der Waals surface area contributed by atoms with Crippen molar-refractivity contribution in [2.24, 2.45) is 0 Å². The Morgan fingerprint density at radius 1 is 1.15 bits per heavy atom. The van der Waals surface area contributed by atoms with E-state index < -0.39 is 0 Å². The highest BCUT2D eigenvalue weighted by molar-refractivity contribution is 9.10. The van der Waals surface area contributed by atoms with Gasteiger partial charge in [-0.1, -0.05) is 18.0 Å². The first kappa shape index (κ1) is 14.6. The summed E-state index contributed by atoms with van der Waals surface area (Å²) in [6.07, 6.45) is 5.02. The first-order chi connectivity index (χ1) is 9.65. The largest absolute Gasteiger partial charge is 0.368 e. The molecular weight excluding hydrogens is 343 g/mol. The minimum Gasteiger partial charge on any atom is -0.368 e. The molecule has 0 bridgehead atoms. The zero-order valence-corrected chi connectivity index (χ0v) is 13.8. The quantitative estimate of drug-likeness (QED) is 0.735. The Balaban J connectivity index is 1.86. The van der Waals surface area contributed by atoms with Gasteiger partial charge in [0.05, 0.1) is 10.7 Å². The molecule has 0 N–H and O–H groups in total. The number of anilines is 1. The van der Waals surface area contributed by atoms with Crippen molar-refractivity contribution in [1.82, 2.24) is 4.90 Å². The Kier molecular flexibility index (Phi) is 4.53. The van der Waals surface area contributed by atoms with Gasteiger partial charge in [-0.05, 0) is 53.9 Å². The molecule has 2 aliphatic heterocycles. The van der Waals surface area contributed by atoms with Crippen LogP contribution < -0.4 is 4.90 Å². The van der Waals surface area contributed by atoms with Crippen LogP contribution in [0.5, 0.6) is 0 Å². The van der Waals surface area contributed by atoms with Gasteiger partial charge < -0.3 is 4.90 Å². The predicted octanol–water partition coefficient (Wildman–Crippen LogP) is 4.31. The number of halogens is 3. The number of hydrogen-bond acceptors (Lipinski definition) is 2. The van der Waals surface area contributed by atoms with E-state index in [-0.39, 0.29) is 5.82 Å². The molecule has 0 saturated carbocycles. The maximum absolute atomic E-state index is 13.4. The Morgan fingerprint density at radius 3 is 2.75 bits per heavy atom. The summed E-state index contributed by atoms with van der Waals surface area (Å²) >= 11 is 9.74. The average molecular weight is 362 g/mol. The molecule has 2 fully saturated rings. The van der Waals surface area contributed by atoms with Gasteiger partial charge in [-0.3, -0.25) is 4.90 Å². The molecule has 2 saturated heterocycles. The van der Waals surface area contributed by atoms with Crippen molar-refractivity contribution in [3.05, 3.63) is 27.4 Å². The normalized spacial score (nSPS) is 24.4. The fraction of sp³-hybridized carbons (Fsp3) is 0.600. The van der Waals surface area contributed by atoms with Crippen LogP contribution in [-0.2, 0) is 0 Å². The molecule has 0 spiro atoms. The molecule has 2 heterocycles. The molecule has 2 nitrogen and oxygen atoms in total. The Hall–Kier alpha value is -0.320. The monoisotopic (exact) mass is 360 g/mol. The van der Waals surface area contributed by atoms with E-state index in [1.54, 1.807) is 0 Å². The zero-order valence-electron chi connectivity index (χ0n) is 11.4. The molecule has 20 heavy (non-hydrogen) atoms. The third-order valence-electron chi connectivity index (χ3n) is 4.35. The number of hydrogen-bond donors (Lipinski definition) is 0. The summed E-state index contributed by atoms with van der Waals surface area (Å²) in [4.78, 5) is 4.93. The van der Waals surface area contributed by atoms with Crippen molar-refractivity contribution in [2.45, 2.75) is 31.7 Å². The molecule has 110 valence electrons. The third kappa shape index (κ3) is 2.97. The smallest absolute Gasteiger partial charge is 0.125 e. The summed E-state index contributed by atoms with van der Waals surface area (Å²) in [7, 11) is 0. The summed E-state index contributed by atoms with van der Waals surface area (Å²) in [5.41, 5.74) is 0.945. The van der Waals surface area contributed by atoms with Crippen molar-refractivity contribution >= 4 is 33.2 Å². The second-order valence-electron chi connectivity index (χ2n) is 5.70. The molecule has 1 aromatic rings. The lowest BCUT2D eigenvalue weighted by atomic mass is 10.0. The highest BCUT2D eigenvalue weighted by atomic mass is 79.9. The van der Waals surface area contributed by atoms with E-state index in [1.165, 1.54) is 37.9 Å². The van der Waals surface area contributed by atoms with Crippen LogP contribution in [0.3, 0.4) is 0 Å². The van der Waals surface area contributed by atoms with Crippen LogP contribution in [0, 0.1) is 5.82 Å². The van der Waals surface area contributed by atoms with Gasteiger partial charge in [0.15, 0.2) is 0 Å². The lowest BCUT2D eigenvalue weighted by Gasteiger charge is -2.36. The molecule has 1 unspecified atom stereocenters. The lowest BCUT2D eigenvalue weighted by Crippen LogP contribution is -2.44. The molecule has 0 aliphatic carbocycles. The highest BCUT2D eigenvalue weighted by Gasteiger charge is 2.28. The highest BCUT2D eigenvalue weighted by Crippen LogP contribution is 2.36. The maximum Gasteiger partial charge on any atom is 0.125 e. The number of fused-ring (bicyclic) bond motifs is 1. The Bertz CT molecular complexity index is 474. The number of nitrogens with zero attached hydrogens (tertiary/aromatic N) is 2. The summed E-state index contributed by atoms with van der Waals surface area (Å²) in [6.45, 7) is 4.36. The number of rotatable bonds is 1. The number of piperidine rings is 1. The maximum atomic E-state index is 13.4. The summed E-state index contributed by atoms with van der Waals surface area (Å²) in [5, 5.41) is 0.501. The van der Waals surface area contributed by atoms with Crippen LogP contribution in [0.2, 0.25) is 5.02 Å². The Labute approximate surface area is 133 Å². The molecule has 3 rings (SSSR count). The molecule has 1 aromatic carbocycles. The second kappa shape index (κ2) is 6.20. The van der Waals surface area contributed by atoms with Crippen molar-refractivity contribution in [3.63, 3.8) is 0 Å². The molecule has 5 heteroatoms. The molecule has 0 aromatic heterocycles. The van der Waals surface area contributed by atoms with Gasteiger partial charge in [0.1, 0.15) is 5.82 Å². The third-order valence-corrected chi connectivity index (χ3v) is 5.24.